The van der Waals surface area contributed by atoms with Crippen LogP contribution >= 0.6 is 0 Å². The van der Waals surface area contributed by atoms with Gasteiger partial charge >= 0.3 is 0 Å². The van der Waals surface area contributed by atoms with Crippen LogP contribution in [0.2, 0.25) is 0 Å². The number of carbonyl (C=O) groups excluding carboxylic acids is 1. The van der Waals surface area contributed by atoms with Crippen LogP contribution in [0.1, 0.15) is 36.7 Å². The zero-order valence-corrected chi connectivity index (χ0v) is 12.3. The molecule has 0 aliphatic carbocycles. The standard InChI is InChI=1S/C14H21N3O3/c1-9(2)14(4,8-15)16-13(18)11-7-5-6-10(3)12(11)17(19)20/h5-7,9H,8,15H2,1-4H3,(H,16,18). The van der Waals surface area contributed by atoms with Gasteiger partial charge in [0.15, 0.2) is 0 Å². The number of hydrogen-bond donors (Lipinski definition) is 2. The number of rotatable bonds is 5. The largest absolute Gasteiger partial charge is 0.345 e. The number of carbonyl (C=O) groups is 1. The summed E-state index contributed by atoms with van der Waals surface area (Å²) in [7, 11) is 0. The smallest absolute Gasteiger partial charge is 0.285 e. The third-order valence-corrected chi connectivity index (χ3v) is 3.76. The number of nitrogens with one attached hydrogen (secondary N) is 1. The molecule has 0 radical (unpaired) electrons. The van der Waals surface area contributed by atoms with Crippen molar-refractivity contribution in [3.63, 3.8) is 0 Å². The van der Waals surface area contributed by atoms with Crippen molar-refractivity contribution < 1.29 is 9.72 Å². The average Bonchev–Trinajstić information content (AvgIpc) is 2.37. The molecule has 1 unspecified atom stereocenters. The minimum absolute atomic E-state index is 0.0651. The Morgan fingerprint density at radius 3 is 2.55 bits per heavy atom. The average molecular weight is 279 g/mol. The fourth-order valence-electron chi connectivity index (χ4n) is 1.84. The predicted molar refractivity (Wildman–Crippen MR) is 77.6 cm³/mol. The maximum Gasteiger partial charge on any atom is 0.285 e. The van der Waals surface area contributed by atoms with Crippen molar-refractivity contribution in [2.75, 3.05) is 6.54 Å². The van der Waals surface area contributed by atoms with Crippen molar-refractivity contribution in [3.05, 3.63) is 39.4 Å². The van der Waals surface area contributed by atoms with Crippen LogP contribution in [-0.4, -0.2) is 22.9 Å². The fourth-order valence-corrected chi connectivity index (χ4v) is 1.84. The van der Waals surface area contributed by atoms with Gasteiger partial charge in [0.1, 0.15) is 5.56 Å². The van der Waals surface area contributed by atoms with Crippen molar-refractivity contribution in [1.29, 1.82) is 0 Å². The molecule has 110 valence electrons. The molecule has 0 aliphatic rings. The number of nitrogens with two attached hydrogens (primary N) is 1. The van der Waals surface area contributed by atoms with E-state index in [0.717, 1.165) is 0 Å². The zero-order valence-electron chi connectivity index (χ0n) is 12.3. The molecule has 0 saturated heterocycles. The summed E-state index contributed by atoms with van der Waals surface area (Å²) >= 11 is 0. The van der Waals surface area contributed by atoms with Gasteiger partial charge in [-0.1, -0.05) is 26.0 Å². The maximum absolute atomic E-state index is 12.3. The third kappa shape index (κ3) is 3.14. The first-order chi connectivity index (χ1) is 9.23. The second kappa shape index (κ2) is 6.00. The van der Waals surface area contributed by atoms with Gasteiger partial charge in [-0.15, -0.1) is 0 Å². The van der Waals surface area contributed by atoms with Crippen LogP contribution in [0.5, 0.6) is 0 Å². The molecule has 1 aromatic carbocycles. The van der Waals surface area contributed by atoms with E-state index in [0.29, 0.717) is 5.56 Å². The van der Waals surface area contributed by atoms with E-state index in [1.165, 1.54) is 6.07 Å². The van der Waals surface area contributed by atoms with Crippen molar-refractivity contribution in [3.8, 4) is 0 Å². The van der Waals surface area contributed by atoms with Gasteiger partial charge in [0.25, 0.3) is 11.6 Å². The monoisotopic (exact) mass is 279 g/mol. The second-order valence-electron chi connectivity index (χ2n) is 5.46. The fraction of sp³-hybridized carbons (Fsp3) is 0.500. The Bertz CT molecular complexity index is 528. The number of nitro groups is 1. The number of hydrogen-bond acceptors (Lipinski definition) is 4. The van der Waals surface area contributed by atoms with Gasteiger partial charge in [-0.05, 0) is 25.8 Å². The Labute approximate surface area is 118 Å². The van der Waals surface area contributed by atoms with Crippen molar-refractivity contribution >= 4 is 11.6 Å². The molecule has 3 N–H and O–H groups in total. The van der Waals surface area contributed by atoms with E-state index >= 15 is 0 Å². The second-order valence-corrected chi connectivity index (χ2v) is 5.46. The van der Waals surface area contributed by atoms with E-state index in [-0.39, 0.29) is 23.7 Å². The Morgan fingerprint density at radius 1 is 1.50 bits per heavy atom. The Balaban J connectivity index is 3.17. The number of nitro benzene ring substituents is 1. The molecule has 0 aliphatic heterocycles. The lowest BCUT2D eigenvalue weighted by Crippen LogP contribution is -2.55. The van der Waals surface area contributed by atoms with Crippen LogP contribution in [0, 0.1) is 23.0 Å². The molecule has 0 fully saturated rings. The lowest BCUT2D eigenvalue weighted by atomic mass is 9.88. The molecular weight excluding hydrogens is 258 g/mol. The minimum Gasteiger partial charge on any atom is -0.345 e. The molecule has 20 heavy (non-hydrogen) atoms. The minimum atomic E-state index is -0.602. The van der Waals surface area contributed by atoms with Gasteiger partial charge in [-0.25, -0.2) is 0 Å². The highest BCUT2D eigenvalue weighted by Crippen LogP contribution is 2.24. The van der Waals surface area contributed by atoms with Crippen LogP contribution in [-0.2, 0) is 0 Å². The summed E-state index contributed by atoms with van der Waals surface area (Å²) in [6.45, 7) is 7.59. The normalized spacial score (nSPS) is 13.9. The van der Waals surface area contributed by atoms with Gasteiger partial charge in [-0.3, -0.25) is 14.9 Å². The quantitative estimate of drug-likeness (QED) is 0.636. The van der Waals surface area contributed by atoms with E-state index in [1.807, 2.05) is 20.8 Å². The van der Waals surface area contributed by atoms with Gasteiger partial charge < -0.3 is 11.1 Å². The summed E-state index contributed by atoms with van der Waals surface area (Å²) in [5.74, 6) is -0.359. The topological polar surface area (TPSA) is 98.3 Å². The Morgan fingerprint density at radius 2 is 2.10 bits per heavy atom. The van der Waals surface area contributed by atoms with E-state index < -0.39 is 16.4 Å². The SMILES string of the molecule is Cc1cccc(C(=O)NC(C)(CN)C(C)C)c1[N+](=O)[O-]. The molecule has 1 aromatic rings. The van der Waals surface area contributed by atoms with Gasteiger partial charge in [0, 0.05) is 12.1 Å². The first-order valence-electron chi connectivity index (χ1n) is 6.49. The predicted octanol–water partition coefficient (Wildman–Crippen LogP) is 2.01. The lowest BCUT2D eigenvalue weighted by Gasteiger charge is -2.33. The molecule has 0 aromatic heterocycles. The number of aryl methyl sites for hydroxylation is 1. The van der Waals surface area contributed by atoms with E-state index in [9.17, 15) is 14.9 Å². The maximum atomic E-state index is 12.3. The molecule has 0 heterocycles. The summed E-state index contributed by atoms with van der Waals surface area (Å²) in [4.78, 5) is 22.9. The van der Waals surface area contributed by atoms with Crippen molar-refractivity contribution in [1.82, 2.24) is 5.32 Å². The molecule has 0 bridgehead atoms. The molecule has 1 atom stereocenters. The zero-order chi connectivity index (χ0) is 15.5. The van der Waals surface area contributed by atoms with Crippen LogP contribution in [0.15, 0.2) is 18.2 Å². The first-order valence-corrected chi connectivity index (χ1v) is 6.49. The van der Waals surface area contributed by atoms with E-state index in [4.69, 9.17) is 5.73 Å². The summed E-state index contributed by atoms with van der Waals surface area (Å²) in [5, 5.41) is 13.9. The summed E-state index contributed by atoms with van der Waals surface area (Å²) in [5.41, 5.74) is 5.48. The van der Waals surface area contributed by atoms with E-state index in [2.05, 4.69) is 5.32 Å². The number of para-hydroxylation sites is 1. The Hall–Kier alpha value is -1.95. The van der Waals surface area contributed by atoms with Gasteiger partial charge in [0.05, 0.1) is 10.5 Å². The summed E-state index contributed by atoms with van der Waals surface area (Å²) in [6, 6.07) is 4.70. The van der Waals surface area contributed by atoms with Crippen LogP contribution in [0.3, 0.4) is 0 Å². The molecule has 0 saturated carbocycles. The van der Waals surface area contributed by atoms with Crippen molar-refractivity contribution in [2.24, 2.45) is 11.7 Å². The highest BCUT2D eigenvalue weighted by molar-refractivity contribution is 5.99. The molecule has 6 nitrogen and oxygen atoms in total. The van der Waals surface area contributed by atoms with Crippen LogP contribution in [0.4, 0.5) is 5.69 Å². The number of amides is 1. The molecule has 1 rings (SSSR count). The molecule has 6 heteroatoms. The molecule has 1 amide bonds. The Kier molecular flexibility index (Phi) is 4.83. The number of nitrogens with zero attached hydrogens (tertiary/aromatic N) is 1. The lowest BCUT2D eigenvalue weighted by molar-refractivity contribution is -0.385. The molecule has 0 spiro atoms. The van der Waals surface area contributed by atoms with Crippen LogP contribution in [0.25, 0.3) is 0 Å². The number of benzene rings is 1. The van der Waals surface area contributed by atoms with Crippen LogP contribution < -0.4 is 11.1 Å². The third-order valence-electron chi connectivity index (χ3n) is 3.76. The van der Waals surface area contributed by atoms with Crippen molar-refractivity contribution in [2.45, 2.75) is 33.2 Å². The molecular formula is C14H21N3O3. The first kappa shape index (κ1) is 16.1. The summed E-state index contributed by atoms with van der Waals surface area (Å²) < 4.78 is 0. The van der Waals surface area contributed by atoms with Gasteiger partial charge in [-0.2, -0.15) is 0 Å². The highest BCUT2D eigenvalue weighted by Gasteiger charge is 2.31. The summed E-state index contributed by atoms with van der Waals surface area (Å²) in [6.07, 6.45) is 0. The van der Waals surface area contributed by atoms with E-state index in [1.54, 1.807) is 19.1 Å². The highest BCUT2D eigenvalue weighted by atomic mass is 16.6. The van der Waals surface area contributed by atoms with Gasteiger partial charge in [0.2, 0.25) is 0 Å².